The van der Waals surface area contributed by atoms with E-state index in [0.717, 1.165) is 18.2 Å². The monoisotopic (exact) mass is 358 g/mol. The molecule has 136 valence electrons. The molecule has 1 aromatic rings. The molecule has 0 bridgehead atoms. The predicted octanol–water partition coefficient (Wildman–Crippen LogP) is 3.19. The molecule has 1 aliphatic rings. The summed E-state index contributed by atoms with van der Waals surface area (Å²) >= 11 is 0. The molecule has 0 spiro atoms. The minimum Gasteiger partial charge on any atom is -0.508 e. The van der Waals surface area contributed by atoms with Gasteiger partial charge in [0.25, 0.3) is 0 Å². The van der Waals surface area contributed by atoms with Crippen molar-refractivity contribution in [3.05, 3.63) is 23.8 Å². The zero-order chi connectivity index (χ0) is 18.0. The number of alkyl halides is 6. The van der Waals surface area contributed by atoms with E-state index in [0.29, 0.717) is 13.1 Å². The van der Waals surface area contributed by atoms with E-state index in [1.54, 1.807) is 0 Å². The van der Waals surface area contributed by atoms with Crippen molar-refractivity contribution >= 4 is 0 Å². The normalized spacial score (nSPS) is 18.4. The molecule has 2 rings (SSSR count). The quantitative estimate of drug-likeness (QED) is 0.812. The van der Waals surface area contributed by atoms with Gasteiger partial charge < -0.3 is 15.2 Å². The highest BCUT2D eigenvalue weighted by atomic mass is 19.4. The van der Waals surface area contributed by atoms with E-state index >= 15 is 0 Å². The zero-order valence-corrected chi connectivity index (χ0v) is 12.4. The van der Waals surface area contributed by atoms with Crippen LogP contribution in [0.25, 0.3) is 0 Å². The number of nitrogens with one attached hydrogen (secondary N) is 1. The van der Waals surface area contributed by atoms with Crippen molar-refractivity contribution < 1.29 is 36.2 Å². The second kappa shape index (κ2) is 7.06. The number of phenols is 1. The van der Waals surface area contributed by atoms with E-state index in [2.05, 4.69) is 10.1 Å². The fourth-order valence-electron chi connectivity index (χ4n) is 2.65. The van der Waals surface area contributed by atoms with Gasteiger partial charge in [0.1, 0.15) is 11.5 Å². The summed E-state index contributed by atoms with van der Waals surface area (Å²) in [6.45, 7) is 1.47. The van der Waals surface area contributed by atoms with Crippen LogP contribution < -0.4 is 10.1 Å². The maximum Gasteiger partial charge on any atom is 0.573 e. The highest BCUT2D eigenvalue weighted by Gasteiger charge is 2.38. The molecule has 0 radical (unpaired) electrons. The van der Waals surface area contributed by atoms with Crippen molar-refractivity contribution in [1.29, 1.82) is 0 Å². The Morgan fingerprint density at radius 1 is 1.12 bits per heavy atom. The fourth-order valence-corrected chi connectivity index (χ4v) is 2.65. The number of hydrogen-bond acceptors (Lipinski definition) is 4. The predicted molar refractivity (Wildman–Crippen MR) is 72.6 cm³/mol. The Labute approximate surface area is 134 Å². The van der Waals surface area contributed by atoms with Crippen molar-refractivity contribution in [2.75, 3.05) is 26.2 Å². The van der Waals surface area contributed by atoms with Gasteiger partial charge in [-0.1, -0.05) is 0 Å². The number of benzene rings is 1. The van der Waals surface area contributed by atoms with Crippen LogP contribution >= 0.6 is 0 Å². The molecule has 1 aliphatic heterocycles. The minimum atomic E-state index is -4.97. The summed E-state index contributed by atoms with van der Waals surface area (Å²) in [6, 6.07) is 1.28. The van der Waals surface area contributed by atoms with Crippen LogP contribution in [0.15, 0.2) is 18.2 Å². The molecular formula is C14H16F6N2O2. The molecule has 1 heterocycles. The molecule has 0 aromatic heterocycles. The van der Waals surface area contributed by atoms with E-state index in [1.807, 2.05) is 0 Å². The van der Waals surface area contributed by atoms with Gasteiger partial charge in [-0.25, -0.2) is 0 Å². The van der Waals surface area contributed by atoms with Gasteiger partial charge in [0.05, 0.1) is 6.42 Å². The van der Waals surface area contributed by atoms with Gasteiger partial charge in [-0.3, -0.25) is 4.90 Å². The van der Waals surface area contributed by atoms with Crippen LogP contribution in [0.5, 0.6) is 11.5 Å². The third kappa shape index (κ3) is 5.45. The molecule has 1 atom stereocenters. The molecule has 0 saturated carbocycles. The van der Waals surface area contributed by atoms with Crippen molar-refractivity contribution in [3.63, 3.8) is 0 Å². The van der Waals surface area contributed by atoms with Crippen molar-refractivity contribution in [2.45, 2.75) is 25.0 Å². The van der Waals surface area contributed by atoms with Gasteiger partial charge in [0, 0.05) is 37.8 Å². The lowest BCUT2D eigenvalue weighted by Gasteiger charge is -2.36. The summed E-state index contributed by atoms with van der Waals surface area (Å²) in [5.74, 6) is -1.17. The lowest BCUT2D eigenvalue weighted by atomic mass is 9.99. The van der Waals surface area contributed by atoms with Crippen molar-refractivity contribution in [3.8, 4) is 11.5 Å². The number of phenolic OH excluding ortho intramolecular Hbond substituents is 1. The highest BCUT2D eigenvalue weighted by Crippen LogP contribution is 2.39. The second-order valence-corrected chi connectivity index (χ2v) is 5.39. The lowest BCUT2D eigenvalue weighted by molar-refractivity contribution is -0.274. The van der Waals surface area contributed by atoms with E-state index < -0.39 is 36.5 Å². The Kier molecular flexibility index (Phi) is 5.49. The van der Waals surface area contributed by atoms with Crippen LogP contribution in [0.1, 0.15) is 18.0 Å². The molecule has 1 saturated heterocycles. The molecule has 4 nitrogen and oxygen atoms in total. The molecule has 10 heteroatoms. The first kappa shape index (κ1) is 18.7. The Morgan fingerprint density at radius 2 is 1.75 bits per heavy atom. The third-order valence-electron chi connectivity index (χ3n) is 3.61. The van der Waals surface area contributed by atoms with E-state index in [9.17, 15) is 31.4 Å². The standard InChI is InChI=1S/C14H16F6N2O2/c15-13(16,17)8-11(22-5-3-21-4-6-22)10-7-9(1-2-12(10)23)24-14(18,19)20/h1-2,7,11,21,23H,3-6,8H2/t11-/m0/s1. The molecule has 0 unspecified atom stereocenters. The Hall–Kier alpha value is -1.68. The molecule has 0 amide bonds. The molecular weight excluding hydrogens is 342 g/mol. The maximum atomic E-state index is 12.9. The number of ether oxygens (including phenoxy) is 1. The molecule has 0 aliphatic carbocycles. The smallest absolute Gasteiger partial charge is 0.508 e. The first-order valence-corrected chi connectivity index (χ1v) is 7.15. The SMILES string of the molecule is Oc1ccc(OC(F)(F)F)cc1[C@H](CC(F)(F)F)N1CCNCC1. The summed E-state index contributed by atoms with van der Waals surface area (Å²) in [5, 5.41) is 12.9. The van der Waals surface area contributed by atoms with Crippen LogP contribution in [-0.2, 0) is 0 Å². The van der Waals surface area contributed by atoms with Crippen molar-refractivity contribution in [1.82, 2.24) is 10.2 Å². The largest absolute Gasteiger partial charge is 0.573 e. The number of aromatic hydroxyl groups is 1. The fraction of sp³-hybridized carbons (Fsp3) is 0.571. The number of hydrogen-bond donors (Lipinski definition) is 2. The third-order valence-corrected chi connectivity index (χ3v) is 3.61. The van der Waals surface area contributed by atoms with Crippen molar-refractivity contribution in [2.24, 2.45) is 0 Å². The highest BCUT2D eigenvalue weighted by molar-refractivity contribution is 5.41. The molecule has 1 aromatic carbocycles. The number of nitrogens with zero attached hydrogens (tertiary/aromatic N) is 1. The van der Waals surface area contributed by atoms with E-state index in [-0.39, 0.29) is 18.7 Å². The van der Waals surface area contributed by atoms with Gasteiger partial charge in [-0.2, -0.15) is 13.2 Å². The van der Waals surface area contributed by atoms with Gasteiger partial charge in [0.15, 0.2) is 0 Å². The number of halogens is 6. The van der Waals surface area contributed by atoms with Crippen LogP contribution in [0, 0.1) is 0 Å². The maximum absolute atomic E-state index is 12.9. The summed E-state index contributed by atoms with van der Waals surface area (Å²) < 4.78 is 79.4. The molecule has 1 fully saturated rings. The first-order chi connectivity index (χ1) is 11.1. The number of rotatable bonds is 4. The van der Waals surface area contributed by atoms with Gasteiger partial charge in [-0.15, -0.1) is 13.2 Å². The zero-order valence-electron chi connectivity index (χ0n) is 12.4. The van der Waals surface area contributed by atoms with Gasteiger partial charge >= 0.3 is 12.5 Å². The molecule has 24 heavy (non-hydrogen) atoms. The van der Waals surface area contributed by atoms with Gasteiger partial charge in [-0.05, 0) is 18.2 Å². The topological polar surface area (TPSA) is 44.7 Å². The summed E-state index contributed by atoms with van der Waals surface area (Å²) in [4.78, 5) is 1.48. The van der Waals surface area contributed by atoms with Crippen LogP contribution in [0.2, 0.25) is 0 Å². The molecule has 2 N–H and O–H groups in total. The van der Waals surface area contributed by atoms with Crippen LogP contribution in [-0.4, -0.2) is 48.7 Å². The van der Waals surface area contributed by atoms with Crippen LogP contribution in [0.4, 0.5) is 26.3 Å². The summed E-state index contributed by atoms with van der Waals surface area (Å²) in [6.07, 6.45) is -10.8. The number of piperazine rings is 1. The van der Waals surface area contributed by atoms with E-state index in [1.165, 1.54) is 4.90 Å². The first-order valence-electron chi connectivity index (χ1n) is 7.15. The van der Waals surface area contributed by atoms with Crippen LogP contribution in [0.3, 0.4) is 0 Å². The Bertz CT molecular complexity index is 555. The van der Waals surface area contributed by atoms with Gasteiger partial charge in [0.2, 0.25) is 0 Å². The van der Waals surface area contributed by atoms with E-state index in [4.69, 9.17) is 0 Å². The minimum absolute atomic E-state index is 0.240. The average molecular weight is 358 g/mol. The Morgan fingerprint density at radius 3 is 2.29 bits per heavy atom. The second-order valence-electron chi connectivity index (χ2n) is 5.39. The summed E-state index contributed by atoms with van der Waals surface area (Å²) in [5.41, 5.74) is -0.240. The lowest BCUT2D eigenvalue weighted by Crippen LogP contribution is -2.46. The Balaban J connectivity index is 2.34. The average Bonchev–Trinajstić information content (AvgIpc) is 2.45. The summed E-state index contributed by atoms with van der Waals surface area (Å²) in [7, 11) is 0.